The summed E-state index contributed by atoms with van der Waals surface area (Å²) in [5.74, 6) is 0.379. The molecule has 0 aliphatic rings. The third-order valence-corrected chi connectivity index (χ3v) is 4.89. The second-order valence-electron chi connectivity index (χ2n) is 5.06. The summed E-state index contributed by atoms with van der Waals surface area (Å²) < 4.78 is 12.1. The van der Waals surface area contributed by atoms with Crippen LogP contribution in [0, 0.1) is 0 Å². The Bertz CT molecular complexity index is 864. The van der Waals surface area contributed by atoms with Gasteiger partial charge in [0, 0.05) is 22.5 Å². The second kappa shape index (κ2) is 7.29. The lowest BCUT2D eigenvalue weighted by molar-refractivity contribution is -0.170. The van der Waals surface area contributed by atoms with Gasteiger partial charge in [-0.1, -0.05) is 28.1 Å². The van der Waals surface area contributed by atoms with Crippen LogP contribution in [0.15, 0.2) is 46.9 Å². The van der Waals surface area contributed by atoms with Crippen molar-refractivity contribution in [3.05, 3.63) is 46.9 Å². The van der Waals surface area contributed by atoms with Crippen LogP contribution in [0.3, 0.4) is 0 Å². The zero-order chi connectivity index (χ0) is 17.1. The molecule has 1 aromatic heterocycles. The van der Waals surface area contributed by atoms with E-state index in [0.29, 0.717) is 5.75 Å². The van der Waals surface area contributed by atoms with E-state index in [-0.39, 0.29) is 12.5 Å². The van der Waals surface area contributed by atoms with Gasteiger partial charge in [0.15, 0.2) is 6.61 Å². The number of hydrogen-bond acceptors (Lipinski definition) is 5. The van der Waals surface area contributed by atoms with E-state index in [4.69, 9.17) is 9.57 Å². The molecule has 0 atom stereocenters. The fourth-order valence-corrected chi connectivity index (χ4v) is 3.25. The topological polar surface area (TPSA) is 51.7 Å². The first-order valence-corrected chi connectivity index (χ1v) is 8.74. The molecule has 0 radical (unpaired) electrons. The lowest BCUT2D eigenvalue weighted by Crippen LogP contribution is -2.30. The maximum absolute atomic E-state index is 11.7. The minimum absolute atomic E-state index is 0.0752. The molecule has 7 heteroatoms. The fourth-order valence-electron chi connectivity index (χ4n) is 2.16. The van der Waals surface area contributed by atoms with E-state index in [0.717, 1.165) is 30.9 Å². The Hall–Kier alpha value is -1.96. The predicted octanol–water partition coefficient (Wildman–Crippen LogP) is 4.12. The highest BCUT2D eigenvalue weighted by Crippen LogP contribution is 2.33. The van der Waals surface area contributed by atoms with Gasteiger partial charge in [0.25, 0.3) is 5.91 Å². The molecule has 3 aromatic rings. The standard InChI is InChI=1S/C17H15BrN2O3S/c1-20(22-2)16(21)10-23-13-7-8-14-15(9-13)24-19-17(14)11-3-5-12(18)6-4-11/h3-9H,10H2,1-2H3. The molecule has 2 aromatic carbocycles. The number of hydroxylamine groups is 2. The highest BCUT2D eigenvalue weighted by atomic mass is 79.9. The molecular formula is C17H15BrN2O3S. The highest BCUT2D eigenvalue weighted by molar-refractivity contribution is 9.10. The Labute approximate surface area is 152 Å². The average molecular weight is 407 g/mol. The average Bonchev–Trinajstić information content (AvgIpc) is 3.02. The number of carbonyl (C=O) groups is 1. The van der Waals surface area contributed by atoms with E-state index in [1.165, 1.54) is 18.6 Å². The number of hydrogen-bond donors (Lipinski definition) is 0. The number of amides is 1. The van der Waals surface area contributed by atoms with Crippen molar-refractivity contribution < 1.29 is 14.4 Å². The number of likely N-dealkylation sites (N-methyl/N-ethyl adjacent to an activating group) is 1. The summed E-state index contributed by atoms with van der Waals surface area (Å²) in [4.78, 5) is 16.5. The smallest absolute Gasteiger partial charge is 0.283 e. The first kappa shape index (κ1) is 16.9. The number of halogens is 1. The van der Waals surface area contributed by atoms with E-state index in [2.05, 4.69) is 20.3 Å². The van der Waals surface area contributed by atoms with Gasteiger partial charge in [-0.25, -0.2) is 5.06 Å². The third kappa shape index (κ3) is 3.58. The number of rotatable bonds is 5. The van der Waals surface area contributed by atoms with Crippen LogP contribution in [0.1, 0.15) is 0 Å². The Kier molecular flexibility index (Phi) is 5.13. The Morgan fingerprint density at radius 1 is 1.25 bits per heavy atom. The third-order valence-electron chi connectivity index (χ3n) is 3.55. The zero-order valence-corrected chi connectivity index (χ0v) is 15.6. The van der Waals surface area contributed by atoms with Crippen molar-refractivity contribution in [2.24, 2.45) is 0 Å². The van der Waals surface area contributed by atoms with E-state index < -0.39 is 0 Å². The first-order valence-electron chi connectivity index (χ1n) is 7.17. The van der Waals surface area contributed by atoms with Gasteiger partial charge < -0.3 is 4.74 Å². The minimum Gasteiger partial charge on any atom is -0.484 e. The van der Waals surface area contributed by atoms with Crippen molar-refractivity contribution in [2.45, 2.75) is 0 Å². The van der Waals surface area contributed by atoms with Crippen LogP contribution in [0.4, 0.5) is 0 Å². The molecule has 0 fully saturated rings. The lowest BCUT2D eigenvalue weighted by atomic mass is 10.1. The van der Waals surface area contributed by atoms with Gasteiger partial charge in [0.05, 0.1) is 17.5 Å². The Morgan fingerprint density at radius 2 is 2.00 bits per heavy atom. The minimum atomic E-state index is -0.252. The molecule has 0 saturated heterocycles. The van der Waals surface area contributed by atoms with Crippen molar-refractivity contribution in [1.82, 2.24) is 9.44 Å². The van der Waals surface area contributed by atoms with Crippen molar-refractivity contribution in [3.63, 3.8) is 0 Å². The molecular weight excluding hydrogens is 392 g/mol. The van der Waals surface area contributed by atoms with Crippen molar-refractivity contribution in [1.29, 1.82) is 0 Å². The maximum atomic E-state index is 11.7. The van der Waals surface area contributed by atoms with Gasteiger partial charge in [-0.2, -0.15) is 4.37 Å². The molecule has 24 heavy (non-hydrogen) atoms. The van der Waals surface area contributed by atoms with Gasteiger partial charge >= 0.3 is 0 Å². The van der Waals surface area contributed by atoms with Crippen LogP contribution < -0.4 is 4.74 Å². The van der Waals surface area contributed by atoms with Crippen LogP contribution in [0.5, 0.6) is 5.75 Å². The number of benzene rings is 2. The molecule has 0 N–H and O–H groups in total. The van der Waals surface area contributed by atoms with E-state index in [9.17, 15) is 4.79 Å². The van der Waals surface area contributed by atoms with Crippen molar-refractivity contribution >= 4 is 43.5 Å². The molecule has 0 spiro atoms. The largest absolute Gasteiger partial charge is 0.484 e. The van der Waals surface area contributed by atoms with E-state index in [1.54, 1.807) is 7.05 Å². The number of nitrogens with zero attached hydrogens (tertiary/aromatic N) is 2. The van der Waals surface area contributed by atoms with Gasteiger partial charge in [0.2, 0.25) is 0 Å². The zero-order valence-electron chi connectivity index (χ0n) is 13.2. The normalized spacial score (nSPS) is 10.8. The monoisotopic (exact) mass is 406 g/mol. The molecule has 0 saturated carbocycles. The number of fused-ring (bicyclic) bond motifs is 1. The van der Waals surface area contributed by atoms with Crippen LogP contribution in [-0.4, -0.2) is 36.1 Å². The van der Waals surface area contributed by atoms with Gasteiger partial charge in [-0.05, 0) is 41.9 Å². The van der Waals surface area contributed by atoms with Crippen LogP contribution in [-0.2, 0) is 9.63 Å². The van der Waals surface area contributed by atoms with Crippen molar-refractivity contribution in [3.8, 4) is 17.0 Å². The highest BCUT2D eigenvalue weighted by Gasteiger charge is 2.12. The number of aromatic nitrogens is 1. The molecule has 0 aliphatic carbocycles. The SMILES string of the molecule is CON(C)C(=O)COc1ccc2c(-c3ccc(Br)cc3)nsc2c1. The molecule has 0 aliphatic heterocycles. The van der Waals surface area contributed by atoms with Gasteiger partial charge in [-0.15, -0.1) is 0 Å². The maximum Gasteiger partial charge on any atom is 0.283 e. The molecule has 0 unspecified atom stereocenters. The summed E-state index contributed by atoms with van der Waals surface area (Å²) in [5, 5.41) is 2.20. The van der Waals surface area contributed by atoms with E-state index >= 15 is 0 Å². The van der Waals surface area contributed by atoms with Gasteiger partial charge in [-0.3, -0.25) is 9.63 Å². The Balaban J connectivity index is 1.81. The summed E-state index contributed by atoms with van der Waals surface area (Å²) in [5.41, 5.74) is 2.01. The van der Waals surface area contributed by atoms with Crippen molar-refractivity contribution in [2.75, 3.05) is 20.8 Å². The first-order chi connectivity index (χ1) is 11.6. The van der Waals surface area contributed by atoms with Gasteiger partial charge in [0.1, 0.15) is 5.75 Å². The quantitative estimate of drug-likeness (QED) is 0.597. The predicted molar refractivity (Wildman–Crippen MR) is 98.0 cm³/mol. The van der Waals surface area contributed by atoms with Crippen LogP contribution >= 0.6 is 27.5 Å². The summed E-state index contributed by atoms with van der Waals surface area (Å²) in [6.45, 7) is -0.0752. The number of ether oxygens (including phenoxy) is 1. The summed E-state index contributed by atoms with van der Waals surface area (Å²) >= 11 is 4.85. The molecule has 0 bridgehead atoms. The van der Waals surface area contributed by atoms with Crippen LogP contribution in [0.25, 0.3) is 21.3 Å². The summed E-state index contributed by atoms with van der Waals surface area (Å²) in [6, 6.07) is 13.8. The number of carbonyl (C=O) groups excluding carboxylic acids is 1. The molecule has 1 heterocycles. The van der Waals surface area contributed by atoms with Crippen LogP contribution in [0.2, 0.25) is 0 Å². The molecule has 124 valence electrons. The summed E-state index contributed by atoms with van der Waals surface area (Å²) in [7, 11) is 2.98. The second-order valence-corrected chi connectivity index (χ2v) is 6.78. The Morgan fingerprint density at radius 3 is 2.71 bits per heavy atom. The molecule has 3 rings (SSSR count). The molecule has 1 amide bonds. The lowest BCUT2D eigenvalue weighted by Gasteiger charge is -2.13. The van der Waals surface area contributed by atoms with E-state index in [1.807, 2.05) is 42.5 Å². The molecule has 5 nitrogen and oxygen atoms in total. The fraction of sp³-hybridized carbons (Fsp3) is 0.176. The summed E-state index contributed by atoms with van der Waals surface area (Å²) in [6.07, 6.45) is 0.